The number of benzene rings is 4. The zero-order valence-corrected chi connectivity index (χ0v) is 25.0. The Morgan fingerprint density at radius 2 is 1.42 bits per heavy atom. The SMILES string of the molecule is O=C(NCCC(Oc1ccc(C(=O)Nc2ccccc2)cc1)c1ccc(C(=O)O)cc1)NC1CCN(Cc2ccccc2)CC1. The minimum atomic E-state index is -1.01. The Morgan fingerprint density at radius 3 is 2.07 bits per heavy atom. The van der Waals surface area contributed by atoms with E-state index >= 15 is 0 Å². The first-order chi connectivity index (χ1) is 21.9. The largest absolute Gasteiger partial charge is 0.486 e. The molecule has 0 aliphatic carbocycles. The summed E-state index contributed by atoms with van der Waals surface area (Å²) in [6, 6.07) is 32.9. The Bertz CT molecular complexity index is 1540. The van der Waals surface area contributed by atoms with Gasteiger partial charge in [-0.2, -0.15) is 0 Å². The lowest BCUT2D eigenvalue weighted by molar-refractivity contribution is 0.0696. The molecule has 1 aliphatic heterocycles. The number of carbonyl (C=O) groups is 3. The second-order valence-electron chi connectivity index (χ2n) is 11.1. The summed E-state index contributed by atoms with van der Waals surface area (Å²) in [5.41, 5.74) is 3.44. The van der Waals surface area contributed by atoms with Crippen molar-refractivity contribution in [2.75, 3.05) is 25.0 Å². The molecule has 4 N–H and O–H groups in total. The number of carboxylic acids is 1. The van der Waals surface area contributed by atoms with Crippen molar-refractivity contribution in [1.29, 1.82) is 0 Å². The zero-order valence-electron chi connectivity index (χ0n) is 25.0. The third-order valence-corrected chi connectivity index (χ3v) is 7.82. The van der Waals surface area contributed by atoms with Gasteiger partial charge in [-0.25, -0.2) is 9.59 Å². The Labute approximate surface area is 263 Å². The molecule has 1 aliphatic rings. The highest BCUT2D eigenvalue weighted by atomic mass is 16.5. The highest BCUT2D eigenvalue weighted by Gasteiger charge is 2.21. The van der Waals surface area contributed by atoms with Crippen LogP contribution in [0.3, 0.4) is 0 Å². The normalized spacial score (nSPS) is 14.2. The average molecular weight is 607 g/mol. The van der Waals surface area contributed by atoms with Gasteiger partial charge in [0, 0.05) is 49.9 Å². The van der Waals surface area contributed by atoms with E-state index in [-0.39, 0.29) is 23.5 Å². The molecule has 45 heavy (non-hydrogen) atoms. The summed E-state index contributed by atoms with van der Waals surface area (Å²) in [7, 11) is 0. The quantitative estimate of drug-likeness (QED) is 0.155. The first-order valence-electron chi connectivity index (χ1n) is 15.2. The number of nitrogens with zero attached hydrogens (tertiary/aromatic N) is 1. The predicted octanol–water partition coefficient (Wildman–Crippen LogP) is 6.11. The molecule has 1 fully saturated rings. The number of carbonyl (C=O) groups excluding carboxylic acids is 2. The van der Waals surface area contributed by atoms with Crippen LogP contribution < -0.4 is 20.7 Å². The fourth-order valence-electron chi connectivity index (χ4n) is 5.34. The number of anilines is 1. The lowest BCUT2D eigenvalue weighted by atomic mass is 10.0. The number of aromatic carboxylic acids is 1. The molecule has 0 aromatic heterocycles. The summed E-state index contributed by atoms with van der Waals surface area (Å²) < 4.78 is 6.29. The molecule has 9 nitrogen and oxygen atoms in total. The fourth-order valence-corrected chi connectivity index (χ4v) is 5.34. The van der Waals surface area contributed by atoms with E-state index in [1.165, 1.54) is 17.7 Å². The number of rotatable bonds is 12. The Kier molecular flexibility index (Phi) is 10.8. The number of para-hydroxylation sites is 1. The lowest BCUT2D eigenvalue weighted by Crippen LogP contribution is -2.48. The van der Waals surface area contributed by atoms with Crippen molar-refractivity contribution in [3.05, 3.63) is 131 Å². The molecule has 0 radical (unpaired) electrons. The van der Waals surface area contributed by atoms with Crippen molar-refractivity contribution in [3.63, 3.8) is 0 Å². The molecular weight excluding hydrogens is 568 g/mol. The first-order valence-corrected chi connectivity index (χ1v) is 15.2. The second kappa shape index (κ2) is 15.5. The van der Waals surface area contributed by atoms with E-state index in [1.54, 1.807) is 36.4 Å². The Balaban J connectivity index is 1.13. The average Bonchev–Trinajstić information content (AvgIpc) is 3.06. The lowest BCUT2D eigenvalue weighted by Gasteiger charge is -2.32. The maximum absolute atomic E-state index is 12.7. The summed E-state index contributed by atoms with van der Waals surface area (Å²) in [4.78, 5) is 39.2. The molecule has 232 valence electrons. The standard InChI is InChI=1S/C36H38N4O5/c41-34(38-30-9-5-2-6-10-30)28-15-17-32(18-16-28)45-33(27-11-13-29(14-12-27)35(42)43)19-22-37-36(44)39-31-20-23-40(24-21-31)25-26-7-3-1-4-8-26/h1-18,31,33H,19-25H2,(H,38,41)(H,42,43)(H2,37,39,44). The van der Waals surface area contributed by atoms with Crippen LogP contribution >= 0.6 is 0 Å². The van der Waals surface area contributed by atoms with E-state index in [9.17, 15) is 19.5 Å². The number of urea groups is 1. The molecule has 0 spiro atoms. The highest BCUT2D eigenvalue weighted by Crippen LogP contribution is 2.26. The van der Waals surface area contributed by atoms with Crippen LogP contribution in [0, 0.1) is 0 Å². The number of likely N-dealkylation sites (tertiary alicyclic amines) is 1. The van der Waals surface area contributed by atoms with Gasteiger partial charge >= 0.3 is 12.0 Å². The summed E-state index contributed by atoms with van der Waals surface area (Å²) in [5.74, 6) is -0.691. The van der Waals surface area contributed by atoms with E-state index in [2.05, 4.69) is 45.1 Å². The van der Waals surface area contributed by atoms with Crippen molar-refractivity contribution in [2.24, 2.45) is 0 Å². The van der Waals surface area contributed by atoms with Gasteiger partial charge in [-0.15, -0.1) is 0 Å². The van der Waals surface area contributed by atoms with Crippen molar-refractivity contribution in [3.8, 4) is 5.75 Å². The van der Waals surface area contributed by atoms with E-state index in [4.69, 9.17) is 4.74 Å². The fraction of sp³-hybridized carbons (Fsp3) is 0.250. The van der Waals surface area contributed by atoms with Crippen LogP contribution in [0.5, 0.6) is 5.75 Å². The number of amides is 3. The van der Waals surface area contributed by atoms with Crippen LogP contribution in [0.15, 0.2) is 109 Å². The summed E-state index contributed by atoms with van der Waals surface area (Å²) >= 11 is 0. The third-order valence-electron chi connectivity index (χ3n) is 7.82. The van der Waals surface area contributed by atoms with Gasteiger partial charge in [0.25, 0.3) is 5.91 Å². The van der Waals surface area contributed by atoms with Crippen molar-refractivity contribution < 1.29 is 24.2 Å². The number of hydrogen-bond donors (Lipinski definition) is 4. The molecule has 4 aromatic carbocycles. The Morgan fingerprint density at radius 1 is 0.800 bits per heavy atom. The van der Waals surface area contributed by atoms with Crippen LogP contribution in [0.4, 0.5) is 10.5 Å². The molecule has 1 heterocycles. The number of piperidine rings is 1. The van der Waals surface area contributed by atoms with Gasteiger partial charge in [-0.05, 0) is 72.5 Å². The van der Waals surface area contributed by atoms with Gasteiger partial charge in [0.05, 0.1) is 5.56 Å². The maximum atomic E-state index is 12.7. The zero-order chi connectivity index (χ0) is 31.4. The molecule has 4 aromatic rings. The predicted molar refractivity (Wildman–Crippen MR) is 173 cm³/mol. The third kappa shape index (κ3) is 9.42. The molecule has 1 atom stereocenters. The number of carboxylic acid groups (broad SMARTS) is 1. The van der Waals surface area contributed by atoms with Crippen LogP contribution in [0.2, 0.25) is 0 Å². The highest BCUT2D eigenvalue weighted by molar-refractivity contribution is 6.04. The minimum Gasteiger partial charge on any atom is -0.486 e. The summed E-state index contributed by atoms with van der Waals surface area (Å²) in [6.07, 6.45) is 1.77. The van der Waals surface area contributed by atoms with Crippen molar-refractivity contribution in [1.82, 2.24) is 15.5 Å². The number of nitrogens with one attached hydrogen (secondary N) is 3. The van der Waals surface area contributed by atoms with E-state index in [0.717, 1.165) is 38.0 Å². The van der Waals surface area contributed by atoms with Crippen LogP contribution in [0.25, 0.3) is 0 Å². The topological polar surface area (TPSA) is 120 Å². The van der Waals surface area contributed by atoms with Crippen LogP contribution in [-0.4, -0.2) is 53.6 Å². The van der Waals surface area contributed by atoms with Crippen molar-refractivity contribution in [2.45, 2.75) is 38.0 Å². The van der Waals surface area contributed by atoms with Gasteiger partial charge in [0.2, 0.25) is 0 Å². The number of hydrogen-bond acceptors (Lipinski definition) is 5. The van der Waals surface area contributed by atoms with Gasteiger partial charge < -0.3 is 25.8 Å². The molecule has 5 rings (SSSR count). The first kappa shape index (κ1) is 31.3. The molecular formula is C36H38N4O5. The monoisotopic (exact) mass is 606 g/mol. The number of ether oxygens (including phenoxy) is 1. The van der Waals surface area contributed by atoms with Crippen LogP contribution in [0.1, 0.15) is 57.2 Å². The van der Waals surface area contributed by atoms with Crippen LogP contribution in [-0.2, 0) is 6.54 Å². The van der Waals surface area contributed by atoms with Gasteiger partial charge in [0.1, 0.15) is 11.9 Å². The molecule has 0 saturated carbocycles. The summed E-state index contributed by atoms with van der Waals surface area (Å²) in [5, 5.41) is 18.2. The molecule has 0 bridgehead atoms. The van der Waals surface area contributed by atoms with E-state index < -0.39 is 12.1 Å². The smallest absolute Gasteiger partial charge is 0.335 e. The van der Waals surface area contributed by atoms with Gasteiger partial charge in [-0.1, -0.05) is 60.7 Å². The second-order valence-corrected chi connectivity index (χ2v) is 11.1. The minimum absolute atomic E-state index is 0.116. The van der Waals surface area contributed by atoms with E-state index in [0.29, 0.717) is 30.0 Å². The summed E-state index contributed by atoms with van der Waals surface area (Å²) in [6.45, 7) is 3.11. The molecule has 9 heteroatoms. The van der Waals surface area contributed by atoms with Crippen molar-refractivity contribution >= 4 is 23.6 Å². The molecule has 1 unspecified atom stereocenters. The van der Waals surface area contributed by atoms with E-state index in [1.807, 2.05) is 36.4 Å². The van der Waals surface area contributed by atoms with Gasteiger partial charge in [0.15, 0.2) is 0 Å². The van der Waals surface area contributed by atoms with Gasteiger partial charge in [-0.3, -0.25) is 9.69 Å². The molecule has 1 saturated heterocycles. The Hall–Kier alpha value is -5.15. The maximum Gasteiger partial charge on any atom is 0.335 e. The molecule has 3 amide bonds.